The average molecular weight is 657 g/mol. The van der Waals surface area contributed by atoms with Crippen LogP contribution >= 0.6 is 12.4 Å². The Morgan fingerprint density at radius 3 is 1.57 bits per heavy atom. The Labute approximate surface area is 291 Å². The second-order valence-corrected chi connectivity index (χ2v) is 12.2. The van der Waals surface area contributed by atoms with Crippen molar-refractivity contribution in [3.63, 3.8) is 0 Å². The number of aliphatic hydroxyl groups excluding tert-OH is 1. The topological polar surface area (TPSA) is 57.5 Å². The lowest BCUT2D eigenvalue weighted by Gasteiger charge is -2.21. The lowest BCUT2D eigenvalue weighted by Crippen LogP contribution is -1.98. The third-order valence-electron chi connectivity index (χ3n) is 9.38. The zero-order valence-corrected chi connectivity index (χ0v) is 27.6. The first-order valence-electron chi connectivity index (χ1n) is 16.1. The van der Waals surface area contributed by atoms with Gasteiger partial charge in [-0.2, -0.15) is 0 Å². The van der Waals surface area contributed by atoms with Gasteiger partial charge in [0, 0.05) is 12.5 Å². The van der Waals surface area contributed by atoms with E-state index in [0.717, 1.165) is 40.3 Å². The van der Waals surface area contributed by atoms with Crippen LogP contribution in [0.3, 0.4) is 0 Å². The minimum absolute atomic E-state index is 0. The molecule has 1 unspecified atom stereocenters. The van der Waals surface area contributed by atoms with E-state index in [2.05, 4.69) is 146 Å². The number of halogens is 1. The number of hydrogen-bond acceptors (Lipinski definition) is 2. The smallest absolute Gasteiger partial charge is 0.300 e. The maximum Gasteiger partial charge on any atom is 0.300 e. The van der Waals surface area contributed by atoms with Crippen molar-refractivity contribution in [1.82, 2.24) is 0 Å². The second-order valence-electron chi connectivity index (χ2n) is 12.2. The molecule has 9 rings (SSSR count). The van der Waals surface area contributed by atoms with Gasteiger partial charge in [0.1, 0.15) is 6.10 Å². The van der Waals surface area contributed by atoms with Gasteiger partial charge in [0.2, 0.25) is 0 Å². The Hall–Kier alpha value is -5.74. The molecule has 238 valence electrons. The van der Waals surface area contributed by atoms with Gasteiger partial charge < -0.3 is 10.2 Å². The summed E-state index contributed by atoms with van der Waals surface area (Å²) in [6, 6.07) is 56.4. The fraction of sp³-hybridized carbons (Fsp3) is 0.0444. The van der Waals surface area contributed by atoms with E-state index in [0.29, 0.717) is 0 Å². The van der Waals surface area contributed by atoms with E-state index in [1.54, 1.807) is 0 Å². The summed E-state index contributed by atoms with van der Waals surface area (Å²) < 4.78 is 0. The molecule has 0 saturated heterocycles. The number of carboxylic acids is 1. The number of fused-ring (bicyclic) bond motifs is 6. The van der Waals surface area contributed by atoms with Crippen LogP contribution < -0.4 is 0 Å². The predicted octanol–water partition coefficient (Wildman–Crippen LogP) is 11.7. The van der Waals surface area contributed by atoms with Crippen molar-refractivity contribution in [3.05, 3.63) is 169 Å². The molecule has 0 heterocycles. The molecular weight excluding hydrogens is 624 g/mol. The highest BCUT2D eigenvalue weighted by Crippen LogP contribution is 2.51. The summed E-state index contributed by atoms with van der Waals surface area (Å²) in [7, 11) is 0. The van der Waals surface area contributed by atoms with Gasteiger partial charge in [-0.25, -0.2) is 0 Å². The largest absolute Gasteiger partial charge is 0.481 e. The molecule has 0 amide bonds. The van der Waals surface area contributed by atoms with Gasteiger partial charge in [0.25, 0.3) is 5.97 Å². The van der Waals surface area contributed by atoms with E-state index in [9.17, 15) is 5.11 Å². The Bertz CT molecular complexity index is 2470. The molecule has 0 radical (unpaired) electrons. The van der Waals surface area contributed by atoms with E-state index in [1.165, 1.54) is 54.6 Å². The number of benzene rings is 8. The van der Waals surface area contributed by atoms with Crippen LogP contribution in [0.2, 0.25) is 0 Å². The first-order valence-corrected chi connectivity index (χ1v) is 16.1. The van der Waals surface area contributed by atoms with Crippen molar-refractivity contribution in [2.45, 2.75) is 13.0 Å². The van der Waals surface area contributed by atoms with E-state index in [4.69, 9.17) is 9.90 Å². The van der Waals surface area contributed by atoms with Gasteiger partial charge in [-0.15, -0.1) is 12.4 Å². The van der Waals surface area contributed by atoms with E-state index < -0.39 is 12.1 Å². The standard InChI is InChI=1S/C43H28O.C2H4O2.ClH/c44-43-39-21-10-4-15-31(39)34-23-11-22-33(42(34)43)30-14-3-5-16-32(30)41-37-19-8-6-17-35(37)40(36-18-7-9-20-38(36)41)29-25-24-27-12-1-2-13-28(27)26-29;1-2(3)4;/h1-26,43-44H;1H3,(H,3,4);1H. The highest BCUT2D eigenvalue weighted by atomic mass is 35.5. The SMILES string of the molecule is CC(=O)O.Cl.OC1c2ccccc2-c2cccc(-c3ccccc3-c3c4ccccc4c(-c4ccc5ccccc5c4)c4ccccc34)c21. The molecule has 0 aliphatic heterocycles. The first-order chi connectivity index (χ1) is 23.5. The molecule has 1 atom stereocenters. The van der Waals surface area contributed by atoms with Crippen LogP contribution in [-0.2, 0) is 4.79 Å². The highest BCUT2D eigenvalue weighted by Gasteiger charge is 2.30. The first kappa shape index (κ1) is 31.8. The Morgan fingerprint density at radius 1 is 0.490 bits per heavy atom. The molecular formula is C45H33ClO3. The van der Waals surface area contributed by atoms with Crippen molar-refractivity contribution < 1.29 is 15.0 Å². The van der Waals surface area contributed by atoms with Gasteiger partial charge in [0.05, 0.1) is 0 Å². The van der Waals surface area contributed by atoms with Crippen molar-refractivity contribution in [2.24, 2.45) is 0 Å². The number of aliphatic hydroxyl groups is 1. The number of carbonyl (C=O) groups is 1. The minimum atomic E-state index is -0.833. The number of aliphatic carboxylic acids is 1. The highest BCUT2D eigenvalue weighted by molar-refractivity contribution is 6.22. The zero-order valence-electron chi connectivity index (χ0n) is 26.8. The fourth-order valence-corrected chi connectivity index (χ4v) is 7.48. The number of rotatable bonds is 3. The zero-order chi connectivity index (χ0) is 32.8. The van der Waals surface area contributed by atoms with Crippen LogP contribution in [0, 0.1) is 0 Å². The summed E-state index contributed by atoms with van der Waals surface area (Å²) >= 11 is 0. The van der Waals surface area contributed by atoms with Crippen molar-refractivity contribution in [2.75, 3.05) is 0 Å². The molecule has 2 N–H and O–H groups in total. The van der Waals surface area contributed by atoms with Crippen LogP contribution in [-0.4, -0.2) is 16.2 Å². The molecule has 8 aromatic carbocycles. The molecule has 1 aliphatic carbocycles. The minimum Gasteiger partial charge on any atom is -0.481 e. The van der Waals surface area contributed by atoms with Gasteiger partial charge in [-0.1, -0.05) is 152 Å². The Kier molecular flexibility index (Phi) is 8.48. The van der Waals surface area contributed by atoms with Crippen LogP contribution in [0.5, 0.6) is 0 Å². The van der Waals surface area contributed by atoms with Gasteiger partial charge in [-0.05, 0) is 88.5 Å². The van der Waals surface area contributed by atoms with Gasteiger partial charge >= 0.3 is 0 Å². The molecule has 4 heteroatoms. The van der Waals surface area contributed by atoms with Crippen LogP contribution in [0.25, 0.3) is 76.8 Å². The monoisotopic (exact) mass is 656 g/mol. The average Bonchev–Trinajstić information content (AvgIpc) is 3.42. The molecule has 0 bridgehead atoms. The molecule has 0 spiro atoms. The summed E-state index contributed by atoms with van der Waals surface area (Å²) in [5.41, 5.74) is 11.3. The van der Waals surface area contributed by atoms with Crippen LogP contribution in [0.4, 0.5) is 0 Å². The summed E-state index contributed by atoms with van der Waals surface area (Å²) in [6.45, 7) is 1.08. The third-order valence-corrected chi connectivity index (χ3v) is 9.38. The van der Waals surface area contributed by atoms with E-state index >= 15 is 0 Å². The quantitative estimate of drug-likeness (QED) is 0.186. The van der Waals surface area contributed by atoms with Crippen molar-refractivity contribution in [3.8, 4) is 44.5 Å². The van der Waals surface area contributed by atoms with Gasteiger partial charge in [0.15, 0.2) is 0 Å². The summed E-state index contributed by atoms with van der Waals surface area (Å²) in [4.78, 5) is 9.00. The van der Waals surface area contributed by atoms with Crippen LogP contribution in [0.15, 0.2) is 158 Å². The van der Waals surface area contributed by atoms with Crippen LogP contribution in [0.1, 0.15) is 24.2 Å². The molecule has 0 fully saturated rings. The lowest BCUT2D eigenvalue weighted by molar-refractivity contribution is -0.134. The molecule has 3 nitrogen and oxygen atoms in total. The van der Waals surface area contributed by atoms with Gasteiger partial charge in [-0.3, -0.25) is 4.79 Å². The predicted molar refractivity (Wildman–Crippen MR) is 205 cm³/mol. The maximum atomic E-state index is 11.6. The normalized spacial score (nSPS) is 12.9. The summed E-state index contributed by atoms with van der Waals surface area (Å²) in [5, 5.41) is 26.4. The molecule has 1 aliphatic rings. The fourth-order valence-electron chi connectivity index (χ4n) is 7.48. The van der Waals surface area contributed by atoms with Crippen molar-refractivity contribution >= 4 is 50.7 Å². The lowest BCUT2D eigenvalue weighted by atomic mass is 9.82. The van der Waals surface area contributed by atoms with E-state index in [-0.39, 0.29) is 12.4 Å². The molecule has 8 aromatic rings. The molecule has 0 aromatic heterocycles. The maximum absolute atomic E-state index is 11.6. The molecule has 49 heavy (non-hydrogen) atoms. The van der Waals surface area contributed by atoms with Crippen molar-refractivity contribution in [1.29, 1.82) is 0 Å². The van der Waals surface area contributed by atoms with E-state index in [1.807, 2.05) is 12.1 Å². The summed E-state index contributed by atoms with van der Waals surface area (Å²) in [5.74, 6) is -0.833. The number of hydrogen-bond donors (Lipinski definition) is 2. The molecule has 0 saturated carbocycles. The third kappa shape index (κ3) is 5.44. The summed E-state index contributed by atoms with van der Waals surface area (Å²) in [6.07, 6.45) is -0.658. The Balaban J connectivity index is 0.000000720. The second kappa shape index (κ2) is 13.0. The Morgan fingerprint density at radius 2 is 0.939 bits per heavy atom. The number of carboxylic acid groups (broad SMARTS) is 1.